The van der Waals surface area contributed by atoms with Crippen molar-refractivity contribution in [3.05, 3.63) is 16.1 Å². The van der Waals surface area contributed by atoms with Gasteiger partial charge in [-0.25, -0.2) is 10.8 Å². The number of amides is 1. The number of hydrogen-bond acceptors (Lipinski definition) is 7. The van der Waals surface area contributed by atoms with Gasteiger partial charge in [0.25, 0.3) is 5.91 Å². The summed E-state index contributed by atoms with van der Waals surface area (Å²) in [5.74, 6) is 4.66. The number of nitrogens with two attached hydrogens (primary N) is 1. The number of nitrogen functional groups attached to an aromatic ring is 1. The summed E-state index contributed by atoms with van der Waals surface area (Å²) in [7, 11) is 1.63. The second-order valence-electron chi connectivity index (χ2n) is 3.79. The minimum absolute atomic E-state index is 0.337. The third-order valence-corrected chi connectivity index (χ3v) is 3.30. The molecular formula is C11H17N5O2S. The highest BCUT2D eigenvalue weighted by atomic mass is 32.1. The number of rotatable bonds is 8. The zero-order valence-corrected chi connectivity index (χ0v) is 11.6. The summed E-state index contributed by atoms with van der Waals surface area (Å²) in [6.07, 6.45) is 0.448. The lowest BCUT2D eigenvalue weighted by Crippen LogP contribution is -2.30. The largest absolute Gasteiger partial charge is 0.383 e. The van der Waals surface area contributed by atoms with Crippen molar-refractivity contribution in [2.75, 3.05) is 26.8 Å². The maximum Gasteiger partial charge on any atom is 0.294 e. The molecule has 0 saturated heterocycles. The van der Waals surface area contributed by atoms with E-state index in [1.165, 1.54) is 11.3 Å². The van der Waals surface area contributed by atoms with Crippen LogP contribution in [0.2, 0.25) is 0 Å². The molecule has 0 spiro atoms. The van der Waals surface area contributed by atoms with Gasteiger partial charge in [0.15, 0.2) is 5.01 Å². The molecule has 7 nitrogen and oxygen atoms in total. The number of nitriles is 1. The van der Waals surface area contributed by atoms with Gasteiger partial charge in [-0.05, 0) is 0 Å². The van der Waals surface area contributed by atoms with Crippen LogP contribution in [-0.4, -0.2) is 42.6 Å². The number of nitrogens with one attached hydrogen (secondary N) is 1. The molecule has 0 radical (unpaired) electrons. The highest BCUT2D eigenvalue weighted by Crippen LogP contribution is 2.11. The summed E-state index contributed by atoms with van der Waals surface area (Å²) in [6, 6.07) is 2.11. The van der Waals surface area contributed by atoms with Gasteiger partial charge >= 0.3 is 0 Å². The van der Waals surface area contributed by atoms with Gasteiger partial charge in [0.1, 0.15) is 0 Å². The van der Waals surface area contributed by atoms with Crippen LogP contribution >= 0.6 is 11.3 Å². The normalized spacial score (nSPS) is 10.4. The van der Waals surface area contributed by atoms with E-state index in [4.69, 9.17) is 15.8 Å². The third kappa shape index (κ3) is 5.32. The van der Waals surface area contributed by atoms with Gasteiger partial charge in [-0.15, -0.1) is 11.3 Å². The monoisotopic (exact) mass is 283 g/mol. The summed E-state index contributed by atoms with van der Waals surface area (Å²) >= 11 is 1.25. The molecule has 0 bridgehead atoms. The second kappa shape index (κ2) is 8.55. The first-order valence-corrected chi connectivity index (χ1v) is 6.62. The van der Waals surface area contributed by atoms with Gasteiger partial charge < -0.3 is 4.74 Å². The van der Waals surface area contributed by atoms with Crippen LogP contribution in [-0.2, 0) is 11.3 Å². The number of hydrazine groups is 1. The van der Waals surface area contributed by atoms with Crippen LogP contribution < -0.4 is 11.3 Å². The Hall–Kier alpha value is -1.53. The number of nitrogens with zero attached hydrogens (tertiary/aromatic N) is 3. The molecule has 0 atom stereocenters. The summed E-state index contributed by atoms with van der Waals surface area (Å²) in [4.78, 5) is 17.6. The first-order valence-electron chi connectivity index (χ1n) is 5.74. The summed E-state index contributed by atoms with van der Waals surface area (Å²) in [5, 5.41) is 10.8. The molecule has 0 aromatic carbocycles. The minimum atomic E-state index is -0.392. The van der Waals surface area contributed by atoms with Gasteiger partial charge in [-0.2, -0.15) is 5.26 Å². The van der Waals surface area contributed by atoms with Gasteiger partial charge in [0.05, 0.1) is 18.4 Å². The Labute approximate surface area is 115 Å². The highest BCUT2D eigenvalue weighted by Gasteiger charge is 2.12. The smallest absolute Gasteiger partial charge is 0.294 e. The van der Waals surface area contributed by atoms with Crippen molar-refractivity contribution in [2.24, 2.45) is 5.84 Å². The molecule has 0 aliphatic heterocycles. The Morgan fingerprint density at radius 3 is 3.11 bits per heavy atom. The summed E-state index contributed by atoms with van der Waals surface area (Å²) in [6.45, 7) is 2.54. The van der Waals surface area contributed by atoms with Crippen LogP contribution in [0, 0.1) is 11.3 Å². The van der Waals surface area contributed by atoms with Crippen LogP contribution in [0.3, 0.4) is 0 Å². The van der Waals surface area contributed by atoms with Crippen LogP contribution in [0.15, 0.2) is 5.38 Å². The fourth-order valence-corrected chi connectivity index (χ4v) is 2.18. The number of methoxy groups -OCH3 is 1. The lowest BCUT2D eigenvalue weighted by molar-refractivity contribution is 0.0952. The van der Waals surface area contributed by atoms with E-state index in [0.717, 1.165) is 5.69 Å². The van der Waals surface area contributed by atoms with E-state index in [1.807, 2.05) is 10.8 Å². The molecule has 0 aliphatic rings. The molecular weight excluding hydrogens is 266 g/mol. The Bertz CT molecular complexity index is 443. The van der Waals surface area contributed by atoms with Crippen molar-refractivity contribution in [2.45, 2.75) is 13.0 Å². The highest BCUT2D eigenvalue weighted by molar-refractivity contribution is 7.11. The van der Waals surface area contributed by atoms with Crippen molar-refractivity contribution in [3.63, 3.8) is 0 Å². The Morgan fingerprint density at radius 2 is 2.47 bits per heavy atom. The molecule has 19 heavy (non-hydrogen) atoms. The van der Waals surface area contributed by atoms with Crippen molar-refractivity contribution in [1.82, 2.24) is 15.3 Å². The quantitative estimate of drug-likeness (QED) is 0.398. The summed E-state index contributed by atoms with van der Waals surface area (Å²) in [5.41, 5.74) is 2.84. The maximum absolute atomic E-state index is 11.3. The number of carbonyl (C=O) groups excluding carboxylic acids is 1. The van der Waals surface area contributed by atoms with E-state index in [0.29, 0.717) is 37.7 Å². The molecule has 1 heterocycles. The summed E-state index contributed by atoms with van der Waals surface area (Å²) < 4.78 is 5.03. The predicted octanol–water partition coefficient (Wildman–Crippen LogP) is 0.109. The molecule has 1 aromatic heterocycles. The van der Waals surface area contributed by atoms with Crippen molar-refractivity contribution in [3.8, 4) is 6.07 Å². The number of aromatic nitrogens is 1. The third-order valence-electron chi connectivity index (χ3n) is 2.41. The molecule has 1 amide bonds. The fraction of sp³-hybridized carbons (Fsp3) is 0.545. The average molecular weight is 283 g/mol. The number of carbonyl (C=O) groups is 1. The van der Waals surface area contributed by atoms with E-state index in [1.54, 1.807) is 7.11 Å². The van der Waals surface area contributed by atoms with E-state index < -0.39 is 5.91 Å². The van der Waals surface area contributed by atoms with E-state index in [9.17, 15) is 4.79 Å². The maximum atomic E-state index is 11.3. The standard InChI is InChI=1S/C11H17N5O2S/c1-18-6-5-16(4-2-3-12)7-9-8-19-11(14-9)10(17)15-13/h8H,2,4-7,13H2,1H3,(H,15,17). The molecule has 0 unspecified atom stereocenters. The van der Waals surface area contributed by atoms with Crippen LogP contribution in [0.1, 0.15) is 21.9 Å². The molecule has 1 aromatic rings. The van der Waals surface area contributed by atoms with Crippen molar-refractivity contribution < 1.29 is 9.53 Å². The zero-order valence-electron chi connectivity index (χ0n) is 10.8. The minimum Gasteiger partial charge on any atom is -0.383 e. The fourth-order valence-electron chi connectivity index (χ4n) is 1.47. The van der Waals surface area contributed by atoms with E-state index >= 15 is 0 Å². The predicted molar refractivity (Wildman–Crippen MR) is 71.2 cm³/mol. The first kappa shape index (κ1) is 15.5. The van der Waals surface area contributed by atoms with Crippen molar-refractivity contribution in [1.29, 1.82) is 5.26 Å². The molecule has 0 fully saturated rings. The molecule has 3 N–H and O–H groups in total. The molecule has 8 heteroatoms. The van der Waals surface area contributed by atoms with Gasteiger partial charge in [-0.3, -0.25) is 15.1 Å². The topological polar surface area (TPSA) is 104 Å². The first-order chi connectivity index (χ1) is 9.21. The van der Waals surface area contributed by atoms with E-state index in [-0.39, 0.29) is 0 Å². The molecule has 0 saturated carbocycles. The van der Waals surface area contributed by atoms with Crippen molar-refractivity contribution >= 4 is 17.2 Å². The van der Waals surface area contributed by atoms with Crippen LogP contribution in [0.4, 0.5) is 0 Å². The lowest BCUT2D eigenvalue weighted by atomic mass is 10.3. The van der Waals surface area contributed by atoms with Crippen LogP contribution in [0.5, 0.6) is 0 Å². The lowest BCUT2D eigenvalue weighted by Gasteiger charge is -2.19. The van der Waals surface area contributed by atoms with Gasteiger partial charge in [0, 0.05) is 38.5 Å². The number of ether oxygens (including phenoxy) is 1. The Balaban J connectivity index is 2.59. The van der Waals surface area contributed by atoms with E-state index in [2.05, 4.69) is 16.0 Å². The van der Waals surface area contributed by atoms with Gasteiger partial charge in [0.2, 0.25) is 0 Å². The molecule has 104 valence electrons. The number of thiazole rings is 1. The Kier molecular flexibility index (Phi) is 6.99. The van der Waals surface area contributed by atoms with Gasteiger partial charge in [-0.1, -0.05) is 0 Å². The SMILES string of the molecule is COCCN(CCC#N)Cc1csc(C(=O)NN)n1. The Morgan fingerprint density at radius 1 is 1.68 bits per heavy atom. The second-order valence-corrected chi connectivity index (χ2v) is 4.65. The zero-order chi connectivity index (χ0) is 14.1. The molecule has 1 rings (SSSR count). The average Bonchev–Trinajstić information content (AvgIpc) is 2.89. The number of hydrogen-bond donors (Lipinski definition) is 2. The van der Waals surface area contributed by atoms with Crippen LogP contribution in [0.25, 0.3) is 0 Å². The molecule has 0 aliphatic carbocycles.